The van der Waals surface area contributed by atoms with Gasteiger partial charge < -0.3 is 10.9 Å². The molecule has 0 saturated heterocycles. The predicted octanol–water partition coefficient (Wildman–Crippen LogP) is 0.628. The van der Waals surface area contributed by atoms with Gasteiger partial charge in [0.05, 0.1) is 11.8 Å². The lowest BCUT2D eigenvalue weighted by Crippen LogP contribution is -2.14. The topological polar surface area (TPSA) is 87.3 Å². The highest BCUT2D eigenvalue weighted by molar-refractivity contribution is 5.97. The molecule has 4 N–H and O–H groups in total. The molecule has 0 atom stereocenters. The van der Waals surface area contributed by atoms with Crippen LogP contribution >= 0.6 is 0 Å². The predicted molar refractivity (Wildman–Crippen MR) is 45.2 cm³/mol. The Morgan fingerprint density at radius 2 is 2.42 bits per heavy atom. The molecule has 0 amide bonds. The number of oxime groups is 1. The average Bonchev–Trinajstić information content (AvgIpc) is 2.50. The Labute approximate surface area is 70.3 Å². The number of hydrogen-bond donors (Lipinski definition) is 3. The molecule has 5 heteroatoms. The van der Waals surface area contributed by atoms with Crippen molar-refractivity contribution in [1.29, 1.82) is 0 Å². The van der Waals surface area contributed by atoms with Gasteiger partial charge in [0.2, 0.25) is 0 Å². The molecule has 0 radical (unpaired) electrons. The van der Waals surface area contributed by atoms with E-state index in [-0.39, 0.29) is 11.8 Å². The quantitative estimate of drug-likeness (QED) is 0.262. The van der Waals surface area contributed by atoms with Crippen LogP contribution in [0, 0.1) is 0 Å². The van der Waals surface area contributed by atoms with Crippen LogP contribution in [0.1, 0.15) is 31.0 Å². The van der Waals surface area contributed by atoms with Crippen molar-refractivity contribution < 1.29 is 5.21 Å². The van der Waals surface area contributed by atoms with E-state index in [0.717, 1.165) is 5.69 Å². The zero-order valence-corrected chi connectivity index (χ0v) is 7.07. The minimum Gasteiger partial charge on any atom is -0.409 e. The normalized spacial score (nSPS) is 12.4. The van der Waals surface area contributed by atoms with E-state index < -0.39 is 0 Å². The number of hydrogen-bond acceptors (Lipinski definition) is 3. The second-order valence-corrected chi connectivity index (χ2v) is 2.84. The van der Waals surface area contributed by atoms with Crippen LogP contribution in [0.5, 0.6) is 0 Å². The molecule has 1 aromatic heterocycles. The Bertz CT molecular complexity index is 289. The van der Waals surface area contributed by atoms with Gasteiger partial charge in [-0.1, -0.05) is 19.0 Å². The molecule has 0 aliphatic rings. The molecule has 0 aromatic carbocycles. The molecular formula is C7H12N4O. The molecule has 5 nitrogen and oxygen atoms in total. The summed E-state index contributed by atoms with van der Waals surface area (Å²) in [6.07, 6.45) is 1.55. The highest BCUT2D eigenvalue weighted by Gasteiger charge is 2.11. The molecule has 0 spiro atoms. The van der Waals surface area contributed by atoms with Crippen LogP contribution < -0.4 is 5.73 Å². The van der Waals surface area contributed by atoms with Gasteiger partial charge in [-0.3, -0.25) is 5.10 Å². The molecule has 0 bridgehead atoms. The van der Waals surface area contributed by atoms with Crippen molar-refractivity contribution in [2.45, 2.75) is 19.8 Å². The Morgan fingerprint density at radius 3 is 2.92 bits per heavy atom. The lowest BCUT2D eigenvalue weighted by molar-refractivity contribution is 0.318. The molecule has 0 unspecified atom stereocenters. The largest absolute Gasteiger partial charge is 0.409 e. The van der Waals surface area contributed by atoms with E-state index in [4.69, 9.17) is 10.9 Å². The zero-order chi connectivity index (χ0) is 9.14. The monoisotopic (exact) mass is 168 g/mol. The first-order valence-corrected chi connectivity index (χ1v) is 3.68. The van der Waals surface area contributed by atoms with Crippen LogP contribution in [0.15, 0.2) is 11.4 Å². The first-order valence-electron chi connectivity index (χ1n) is 3.68. The van der Waals surface area contributed by atoms with E-state index in [1.807, 2.05) is 13.8 Å². The Balaban J connectivity index is 3.07. The lowest BCUT2D eigenvalue weighted by Gasteiger charge is -2.03. The summed E-state index contributed by atoms with van der Waals surface area (Å²) < 4.78 is 0. The number of H-pyrrole nitrogens is 1. The minimum absolute atomic E-state index is 0.0902. The van der Waals surface area contributed by atoms with Gasteiger partial charge in [-0.15, -0.1) is 0 Å². The van der Waals surface area contributed by atoms with Gasteiger partial charge in [-0.2, -0.15) is 5.10 Å². The number of nitrogens with one attached hydrogen (secondary N) is 1. The van der Waals surface area contributed by atoms with E-state index in [0.29, 0.717) is 5.56 Å². The molecule has 0 saturated carbocycles. The first-order chi connectivity index (χ1) is 5.66. The maximum atomic E-state index is 8.43. The Kier molecular flexibility index (Phi) is 2.32. The van der Waals surface area contributed by atoms with E-state index in [1.54, 1.807) is 6.20 Å². The molecule has 0 aliphatic heterocycles. The summed E-state index contributed by atoms with van der Waals surface area (Å²) in [4.78, 5) is 0. The summed E-state index contributed by atoms with van der Waals surface area (Å²) >= 11 is 0. The third-order valence-electron chi connectivity index (χ3n) is 1.63. The first kappa shape index (κ1) is 8.58. The highest BCUT2D eigenvalue weighted by Crippen LogP contribution is 2.15. The minimum atomic E-state index is 0.0902. The fourth-order valence-electron chi connectivity index (χ4n) is 0.994. The number of amidine groups is 1. The van der Waals surface area contributed by atoms with Crippen LogP contribution in [0.2, 0.25) is 0 Å². The maximum absolute atomic E-state index is 8.43. The third-order valence-corrected chi connectivity index (χ3v) is 1.63. The lowest BCUT2D eigenvalue weighted by atomic mass is 10.1. The highest BCUT2D eigenvalue weighted by atomic mass is 16.4. The number of aromatic nitrogens is 2. The molecule has 66 valence electrons. The van der Waals surface area contributed by atoms with Gasteiger partial charge in [0, 0.05) is 5.69 Å². The maximum Gasteiger partial charge on any atom is 0.173 e. The molecule has 12 heavy (non-hydrogen) atoms. The summed E-state index contributed by atoms with van der Waals surface area (Å²) in [7, 11) is 0. The van der Waals surface area contributed by atoms with Crippen LogP contribution in [0.25, 0.3) is 0 Å². The van der Waals surface area contributed by atoms with Crippen LogP contribution in [-0.2, 0) is 0 Å². The summed E-state index contributed by atoms with van der Waals surface area (Å²) in [5, 5.41) is 18.0. The zero-order valence-electron chi connectivity index (χ0n) is 7.07. The third kappa shape index (κ3) is 1.39. The molecule has 1 aromatic rings. The second kappa shape index (κ2) is 3.25. The summed E-state index contributed by atoms with van der Waals surface area (Å²) in [5.74, 6) is 0.371. The summed E-state index contributed by atoms with van der Waals surface area (Å²) in [6.45, 7) is 4.00. The summed E-state index contributed by atoms with van der Waals surface area (Å²) in [5.41, 5.74) is 6.96. The number of rotatable bonds is 2. The van der Waals surface area contributed by atoms with Gasteiger partial charge in [0.25, 0.3) is 0 Å². The summed E-state index contributed by atoms with van der Waals surface area (Å²) in [6, 6.07) is 0. The van der Waals surface area contributed by atoms with Crippen molar-refractivity contribution in [3.8, 4) is 0 Å². The van der Waals surface area contributed by atoms with Gasteiger partial charge in [0.1, 0.15) is 0 Å². The standard InChI is InChI=1S/C7H12N4O/c1-4(2)6-5(3-9-10-6)7(8)11-12/h3-4,12H,1-2H3,(H2,8,11)(H,9,10). The van der Waals surface area contributed by atoms with Crippen molar-refractivity contribution in [3.63, 3.8) is 0 Å². The van der Waals surface area contributed by atoms with Crippen molar-refractivity contribution >= 4 is 5.84 Å². The number of aromatic amines is 1. The molecular weight excluding hydrogens is 156 g/mol. The van der Waals surface area contributed by atoms with E-state index in [9.17, 15) is 0 Å². The van der Waals surface area contributed by atoms with Gasteiger partial charge in [-0.25, -0.2) is 0 Å². The van der Waals surface area contributed by atoms with E-state index >= 15 is 0 Å². The van der Waals surface area contributed by atoms with Crippen LogP contribution in [-0.4, -0.2) is 21.2 Å². The fraction of sp³-hybridized carbons (Fsp3) is 0.429. The Morgan fingerprint density at radius 1 is 1.75 bits per heavy atom. The van der Waals surface area contributed by atoms with Gasteiger partial charge >= 0.3 is 0 Å². The molecule has 0 fully saturated rings. The smallest absolute Gasteiger partial charge is 0.173 e. The molecule has 0 aliphatic carbocycles. The van der Waals surface area contributed by atoms with Gasteiger partial charge in [-0.05, 0) is 5.92 Å². The van der Waals surface area contributed by atoms with Crippen LogP contribution in [0.4, 0.5) is 0 Å². The van der Waals surface area contributed by atoms with E-state index in [1.165, 1.54) is 0 Å². The molecule has 1 rings (SSSR count). The van der Waals surface area contributed by atoms with Crippen molar-refractivity contribution in [2.24, 2.45) is 10.9 Å². The average molecular weight is 168 g/mol. The number of nitrogens with zero attached hydrogens (tertiary/aromatic N) is 2. The van der Waals surface area contributed by atoms with Crippen molar-refractivity contribution in [1.82, 2.24) is 10.2 Å². The van der Waals surface area contributed by atoms with Crippen LogP contribution in [0.3, 0.4) is 0 Å². The number of nitrogens with two attached hydrogens (primary N) is 1. The Hall–Kier alpha value is -1.52. The van der Waals surface area contributed by atoms with Gasteiger partial charge in [0.15, 0.2) is 5.84 Å². The fourth-order valence-corrected chi connectivity index (χ4v) is 0.994. The SMILES string of the molecule is CC(C)c1[nH]ncc1/C(N)=N\O. The van der Waals surface area contributed by atoms with Crippen molar-refractivity contribution in [2.75, 3.05) is 0 Å². The second-order valence-electron chi connectivity index (χ2n) is 2.84. The van der Waals surface area contributed by atoms with E-state index in [2.05, 4.69) is 15.4 Å². The molecule has 1 heterocycles. The van der Waals surface area contributed by atoms with Crippen molar-refractivity contribution in [3.05, 3.63) is 17.5 Å².